The maximum absolute atomic E-state index is 12.6. The lowest BCUT2D eigenvalue weighted by Crippen LogP contribution is -2.50. The van der Waals surface area contributed by atoms with Crippen LogP contribution in [0.4, 0.5) is 0 Å². The first kappa shape index (κ1) is 22.1. The van der Waals surface area contributed by atoms with Gasteiger partial charge >= 0.3 is 0 Å². The zero-order valence-corrected chi connectivity index (χ0v) is 18.0. The van der Waals surface area contributed by atoms with Crippen molar-refractivity contribution in [3.8, 4) is 0 Å². The Balaban J connectivity index is 2.85. The standard InChI is InChI=1S/C19H35NO4Si/c1-9-14-11-10-12-20(14)17(23)15(21)16(22)19(5,6)13-24-25(7,8)18(2,3)4/h10-12,15-16,21-22H,9,13H2,1-8H3/t15-,16-/m1/s1. The Hall–Kier alpha value is -0.953. The molecular weight excluding hydrogens is 334 g/mol. The first-order chi connectivity index (χ1) is 11.2. The highest BCUT2D eigenvalue weighted by Crippen LogP contribution is 2.38. The Morgan fingerprint density at radius 1 is 1.24 bits per heavy atom. The summed E-state index contributed by atoms with van der Waals surface area (Å²) < 4.78 is 7.61. The van der Waals surface area contributed by atoms with E-state index in [-0.39, 0.29) is 5.04 Å². The highest BCUT2D eigenvalue weighted by atomic mass is 28.4. The summed E-state index contributed by atoms with van der Waals surface area (Å²) in [5, 5.41) is 21.1. The van der Waals surface area contributed by atoms with E-state index in [0.717, 1.165) is 5.69 Å². The predicted octanol–water partition coefficient (Wildman–Crippen LogP) is 3.46. The van der Waals surface area contributed by atoms with E-state index in [1.54, 1.807) is 12.3 Å². The molecule has 2 N–H and O–H groups in total. The van der Waals surface area contributed by atoms with E-state index in [9.17, 15) is 15.0 Å². The molecule has 1 aromatic rings. The van der Waals surface area contributed by atoms with Gasteiger partial charge in [-0.3, -0.25) is 9.36 Å². The van der Waals surface area contributed by atoms with Gasteiger partial charge in [-0.1, -0.05) is 41.5 Å². The van der Waals surface area contributed by atoms with Gasteiger partial charge in [0.25, 0.3) is 5.91 Å². The number of aromatic nitrogens is 1. The van der Waals surface area contributed by atoms with Gasteiger partial charge < -0.3 is 14.6 Å². The molecule has 0 radical (unpaired) electrons. The van der Waals surface area contributed by atoms with Crippen LogP contribution >= 0.6 is 0 Å². The molecular formula is C19H35NO4Si. The topological polar surface area (TPSA) is 71.7 Å². The Kier molecular flexibility index (Phi) is 6.84. The average molecular weight is 370 g/mol. The summed E-state index contributed by atoms with van der Waals surface area (Å²) in [7, 11) is -1.97. The van der Waals surface area contributed by atoms with Crippen LogP contribution in [0, 0.1) is 5.41 Å². The SMILES string of the molecule is CCc1cccn1C(=O)[C@H](O)[C@@H](O)C(C)(C)CO[Si](C)(C)C(C)(C)C. The minimum Gasteiger partial charge on any atom is -0.416 e. The van der Waals surface area contributed by atoms with E-state index in [0.29, 0.717) is 13.0 Å². The van der Waals surface area contributed by atoms with Gasteiger partial charge in [-0.2, -0.15) is 0 Å². The van der Waals surface area contributed by atoms with Gasteiger partial charge in [0.1, 0.15) is 0 Å². The van der Waals surface area contributed by atoms with E-state index in [2.05, 4.69) is 33.9 Å². The molecule has 0 aromatic carbocycles. The van der Waals surface area contributed by atoms with E-state index >= 15 is 0 Å². The van der Waals surface area contributed by atoms with Crippen molar-refractivity contribution in [3.63, 3.8) is 0 Å². The molecule has 25 heavy (non-hydrogen) atoms. The van der Waals surface area contributed by atoms with Crippen molar-refractivity contribution in [2.75, 3.05) is 6.61 Å². The average Bonchev–Trinajstić information content (AvgIpc) is 2.98. The summed E-state index contributed by atoms with van der Waals surface area (Å²) in [4.78, 5) is 12.6. The molecule has 0 amide bonds. The smallest absolute Gasteiger partial charge is 0.262 e. The molecule has 0 spiro atoms. The summed E-state index contributed by atoms with van der Waals surface area (Å²) in [6.45, 7) is 16.6. The fraction of sp³-hybridized carbons (Fsp3) is 0.737. The minimum absolute atomic E-state index is 0.0592. The summed E-state index contributed by atoms with van der Waals surface area (Å²) in [6.07, 6.45) is -0.400. The number of carbonyl (C=O) groups is 1. The third-order valence-corrected chi connectivity index (χ3v) is 9.88. The lowest BCUT2D eigenvalue weighted by atomic mass is 9.84. The molecule has 1 aromatic heterocycles. The highest BCUT2D eigenvalue weighted by Gasteiger charge is 2.42. The van der Waals surface area contributed by atoms with Crippen molar-refractivity contribution in [1.82, 2.24) is 4.57 Å². The zero-order chi connectivity index (χ0) is 19.6. The molecule has 0 fully saturated rings. The molecule has 1 rings (SSSR count). The second-order valence-corrected chi connectivity index (χ2v) is 13.8. The largest absolute Gasteiger partial charge is 0.416 e. The molecule has 6 heteroatoms. The van der Waals surface area contributed by atoms with Crippen molar-refractivity contribution in [1.29, 1.82) is 0 Å². The summed E-state index contributed by atoms with van der Waals surface area (Å²) in [6, 6.07) is 3.60. The molecule has 0 unspecified atom stereocenters. The van der Waals surface area contributed by atoms with Crippen LogP contribution in [0.15, 0.2) is 18.3 Å². The van der Waals surface area contributed by atoms with Crippen LogP contribution in [-0.4, -0.2) is 47.8 Å². The van der Waals surface area contributed by atoms with Crippen molar-refractivity contribution >= 4 is 14.2 Å². The highest BCUT2D eigenvalue weighted by molar-refractivity contribution is 6.74. The molecule has 0 aliphatic rings. The van der Waals surface area contributed by atoms with Gasteiger partial charge in [-0.15, -0.1) is 0 Å². The van der Waals surface area contributed by atoms with Crippen LogP contribution in [0.3, 0.4) is 0 Å². The molecule has 5 nitrogen and oxygen atoms in total. The molecule has 2 atom stereocenters. The number of carbonyl (C=O) groups excluding carboxylic acids is 1. The quantitative estimate of drug-likeness (QED) is 0.722. The van der Waals surface area contributed by atoms with Crippen LogP contribution in [0.25, 0.3) is 0 Å². The second-order valence-electron chi connectivity index (χ2n) is 8.99. The number of rotatable bonds is 7. The molecule has 0 aliphatic heterocycles. The Morgan fingerprint density at radius 3 is 2.28 bits per heavy atom. The maximum atomic E-state index is 12.6. The number of aliphatic hydroxyl groups is 2. The molecule has 0 saturated carbocycles. The zero-order valence-electron chi connectivity index (χ0n) is 17.0. The Morgan fingerprint density at radius 2 is 1.80 bits per heavy atom. The van der Waals surface area contributed by atoms with E-state index < -0.39 is 31.8 Å². The minimum atomic E-state index is -1.97. The molecule has 0 bridgehead atoms. The van der Waals surface area contributed by atoms with Gasteiger partial charge in [0, 0.05) is 23.9 Å². The van der Waals surface area contributed by atoms with Gasteiger partial charge in [0.15, 0.2) is 14.4 Å². The lowest BCUT2D eigenvalue weighted by Gasteiger charge is -2.40. The molecule has 144 valence electrons. The Labute approximate surface area is 153 Å². The van der Waals surface area contributed by atoms with Crippen LogP contribution in [0.2, 0.25) is 18.1 Å². The van der Waals surface area contributed by atoms with Gasteiger partial charge in [0.2, 0.25) is 0 Å². The predicted molar refractivity (Wildman–Crippen MR) is 103 cm³/mol. The normalized spacial score (nSPS) is 15.9. The van der Waals surface area contributed by atoms with Crippen molar-refractivity contribution < 1.29 is 19.4 Å². The van der Waals surface area contributed by atoms with E-state index in [4.69, 9.17) is 4.43 Å². The number of hydrogen-bond donors (Lipinski definition) is 2. The fourth-order valence-electron chi connectivity index (χ4n) is 2.29. The Bertz CT molecular complexity index is 586. The van der Waals surface area contributed by atoms with Crippen LogP contribution in [0.5, 0.6) is 0 Å². The first-order valence-corrected chi connectivity index (χ1v) is 11.9. The van der Waals surface area contributed by atoms with Crippen LogP contribution in [-0.2, 0) is 10.8 Å². The number of nitrogens with zero attached hydrogens (tertiary/aromatic N) is 1. The van der Waals surface area contributed by atoms with Crippen LogP contribution in [0.1, 0.15) is 52.0 Å². The van der Waals surface area contributed by atoms with Crippen molar-refractivity contribution in [2.24, 2.45) is 5.41 Å². The van der Waals surface area contributed by atoms with Crippen molar-refractivity contribution in [2.45, 2.75) is 78.3 Å². The fourth-order valence-corrected chi connectivity index (χ4v) is 3.46. The first-order valence-electron chi connectivity index (χ1n) is 8.95. The molecule has 0 saturated heterocycles. The third-order valence-electron chi connectivity index (χ3n) is 5.40. The van der Waals surface area contributed by atoms with Gasteiger partial charge in [-0.05, 0) is 36.7 Å². The van der Waals surface area contributed by atoms with Crippen LogP contribution < -0.4 is 0 Å². The monoisotopic (exact) mass is 369 g/mol. The summed E-state index contributed by atoms with van der Waals surface area (Å²) in [5.41, 5.74) is 0.0657. The maximum Gasteiger partial charge on any atom is 0.262 e. The molecule has 1 heterocycles. The summed E-state index contributed by atoms with van der Waals surface area (Å²) in [5.74, 6) is -0.505. The number of aliphatic hydroxyl groups excluding tert-OH is 2. The number of hydrogen-bond acceptors (Lipinski definition) is 4. The lowest BCUT2D eigenvalue weighted by molar-refractivity contribution is -0.0582. The third kappa shape index (κ3) is 5.03. The molecule has 0 aliphatic carbocycles. The summed E-state index contributed by atoms with van der Waals surface area (Å²) >= 11 is 0. The van der Waals surface area contributed by atoms with Crippen molar-refractivity contribution in [3.05, 3.63) is 24.0 Å². The van der Waals surface area contributed by atoms with E-state index in [1.807, 2.05) is 26.8 Å². The van der Waals surface area contributed by atoms with E-state index in [1.165, 1.54) is 4.57 Å². The van der Waals surface area contributed by atoms with Gasteiger partial charge in [-0.25, -0.2) is 0 Å². The second kappa shape index (κ2) is 7.74. The van der Waals surface area contributed by atoms with Gasteiger partial charge in [0.05, 0.1) is 6.10 Å². The number of aryl methyl sites for hydroxylation is 1.